The fraction of sp³-hybridized carbons (Fsp3) is 0.308. The summed E-state index contributed by atoms with van der Waals surface area (Å²) < 4.78 is 45.9. The molecule has 0 N–H and O–H groups in total. The molecule has 0 unspecified atom stereocenters. The van der Waals surface area contributed by atoms with Crippen molar-refractivity contribution < 1.29 is 69.1 Å². The molecule has 0 amide bonds. The molecule has 0 bridgehead atoms. The molecule has 8 heteroatoms. The normalized spacial score (nSPS) is 11.0. The van der Waals surface area contributed by atoms with E-state index < -0.39 is 12.4 Å². The summed E-state index contributed by atoms with van der Waals surface area (Å²) in [5.41, 5.74) is -0.0856. The molecule has 0 spiro atoms. The Labute approximate surface area is 164 Å². The monoisotopic (exact) mass is 322 g/mol. The van der Waals surface area contributed by atoms with Gasteiger partial charge >= 0.3 is 58.4 Å². The number of aryl methyl sites for hydroxylation is 2. The first-order valence-electron chi connectivity index (χ1n) is 6.36. The molecular weight excluding hydrogens is 307 g/mol. The third-order valence-electron chi connectivity index (χ3n) is 2.90. The topological polar surface area (TPSA) is 27.1 Å². The van der Waals surface area contributed by atoms with Gasteiger partial charge in [-0.3, -0.25) is 0 Å². The standard InChI is InChI=1S/C13H15BF3N2O.K/c1-11-3-4-13(12(9-11)14(15,16)17)20-8-2-6-19-7-5-18-10-19;/h3-5,7,9-10H,2,6,8H2,1H3;/q-1;+1. The van der Waals surface area contributed by atoms with Gasteiger partial charge in [0.25, 0.3) is 0 Å². The Morgan fingerprint density at radius 1 is 1.29 bits per heavy atom. The molecule has 1 heterocycles. The Morgan fingerprint density at radius 3 is 2.67 bits per heavy atom. The molecule has 0 radical (unpaired) electrons. The van der Waals surface area contributed by atoms with Gasteiger partial charge in [0, 0.05) is 18.9 Å². The van der Waals surface area contributed by atoms with Gasteiger partial charge < -0.3 is 22.3 Å². The molecule has 21 heavy (non-hydrogen) atoms. The molecule has 108 valence electrons. The SMILES string of the molecule is Cc1ccc(OCCCn2ccnc2)c([B-](F)(F)F)c1.[K+]. The van der Waals surface area contributed by atoms with E-state index in [1.807, 2.05) is 4.57 Å². The minimum Gasteiger partial charge on any atom is -0.497 e. The van der Waals surface area contributed by atoms with Crippen LogP contribution in [0.4, 0.5) is 12.9 Å². The second kappa shape index (κ2) is 8.38. The number of benzene rings is 1. The molecule has 0 aliphatic carbocycles. The molecule has 3 nitrogen and oxygen atoms in total. The van der Waals surface area contributed by atoms with Gasteiger partial charge in [-0.25, -0.2) is 4.98 Å². The maximum atomic E-state index is 12.9. The van der Waals surface area contributed by atoms with Crippen molar-refractivity contribution in [3.63, 3.8) is 0 Å². The van der Waals surface area contributed by atoms with E-state index in [2.05, 4.69) is 4.98 Å². The minimum absolute atomic E-state index is 0. The number of halogens is 3. The minimum atomic E-state index is -5.06. The number of nitrogens with zero attached hydrogens (tertiary/aromatic N) is 2. The Hall–Kier alpha value is -0.279. The van der Waals surface area contributed by atoms with Gasteiger partial charge in [-0.1, -0.05) is 23.2 Å². The van der Waals surface area contributed by atoms with Crippen molar-refractivity contribution in [3.8, 4) is 5.75 Å². The van der Waals surface area contributed by atoms with E-state index in [1.54, 1.807) is 31.7 Å². The van der Waals surface area contributed by atoms with Crippen LogP contribution < -0.4 is 61.6 Å². The summed E-state index contributed by atoms with van der Waals surface area (Å²) in [6, 6.07) is 4.14. The van der Waals surface area contributed by atoms with Crippen molar-refractivity contribution in [2.45, 2.75) is 19.9 Å². The summed E-state index contributed by atoms with van der Waals surface area (Å²) in [7, 11) is 0. The maximum Gasteiger partial charge on any atom is 1.00 e. The van der Waals surface area contributed by atoms with Crippen LogP contribution in [0.25, 0.3) is 0 Å². The molecule has 1 aromatic carbocycles. The second-order valence-corrected chi connectivity index (χ2v) is 4.62. The molecule has 0 aliphatic rings. The largest absolute Gasteiger partial charge is 1.00 e. The average Bonchev–Trinajstić information content (AvgIpc) is 2.88. The van der Waals surface area contributed by atoms with Gasteiger partial charge in [-0.05, 0) is 19.4 Å². The number of rotatable bonds is 6. The average molecular weight is 322 g/mol. The van der Waals surface area contributed by atoms with E-state index in [0.29, 0.717) is 18.5 Å². The van der Waals surface area contributed by atoms with Crippen LogP contribution >= 0.6 is 0 Å². The molecule has 0 atom stereocenters. The molecule has 0 saturated carbocycles. The van der Waals surface area contributed by atoms with Crippen molar-refractivity contribution in [2.75, 3.05) is 6.61 Å². The van der Waals surface area contributed by atoms with E-state index in [-0.39, 0.29) is 63.7 Å². The smallest absolute Gasteiger partial charge is 0.497 e. The molecule has 0 fully saturated rings. The van der Waals surface area contributed by atoms with Crippen LogP contribution in [0.3, 0.4) is 0 Å². The van der Waals surface area contributed by atoms with Crippen LogP contribution in [0.2, 0.25) is 0 Å². The number of hydrogen-bond donors (Lipinski definition) is 0. The summed E-state index contributed by atoms with van der Waals surface area (Å²) >= 11 is 0. The zero-order chi connectivity index (χ0) is 14.6. The van der Waals surface area contributed by atoms with Crippen LogP contribution in [0, 0.1) is 6.92 Å². The van der Waals surface area contributed by atoms with Gasteiger partial charge in [-0.2, -0.15) is 0 Å². The number of aromatic nitrogens is 2. The van der Waals surface area contributed by atoms with Crippen LogP contribution in [0.15, 0.2) is 36.9 Å². The van der Waals surface area contributed by atoms with Gasteiger partial charge in [0.15, 0.2) is 0 Å². The van der Waals surface area contributed by atoms with Crippen molar-refractivity contribution >= 4 is 12.4 Å². The third kappa shape index (κ3) is 5.78. The molecule has 1 aromatic heterocycles. The third-order valence-corrected chi connectivity index (χ3v) is 2.90. The predicted octanol–water partition coefficient (Wildman–Crippen LogP) is -0.281. The fourth-order valence-electron chi connectivity index (χ4n) is 1.90. The number of imidazole rings is 1. The summed E-state index contributed by atoms with van der Waals surface area (Å²) in [4.78, 5) is 3.89. The van der Waals surface area contributed by atoms with Crippen LogP contribution in [-0.2, 0) is 6.54 Å². The van der Waals surface area contributed by atoms with Crippen molar-refractivity contribution in [2.24, 2.45) is 0 Å². The Morgan fingerprint density at radius 2 is 2.05 bits per heavy atom. The first-order valence-corrected chi connectivity index (χ1v) is 6.36. The Balaban J connectivity index is 0.00000220. The first-order chi connectivity index (χ1) is 9.47. The zero-order valence-electron chi connectivity index (χ0n) is 12.1. The van der Waals surface area contributed by atoms with Crippen molar-refractivity contribution in [1.82, 2.24) is 9.55 Å². The van der Waals surface area contributed by atoms with Gasteiger partial charge in [0.05, 0.1) is 18.7 Å². The summed E-state index contributed by atoms with van der Waals surface area (Å²) in [5, 5.41) is 0. The molecule has 0 aliphatic heterocycles. The van der Waals surface area contributed by atoms with E-state index in [0.717, 1.165) is 6.07 Å². The Bertz CT molecular complexity index is 561. The van der Waals surface area contributed by atoms with Gasteiger partial charge in [0.2, 0.25) is 0 Å². The van der Waals surface area contributed by atoms with E-state index in [4.69, 9.17) is 4.74 Å². The second-order valence-electron chi connectivity index (χ2n) is 4.62. The Kier molecular flexibility index (Phi) is 7.49. The summed E-state index contributed by atoms with van der Waals surface area (Å²) in [5.74, 6) is -0.0891. The van der Waals surface area contributed by atoms with Crippen molar-refractivity contribution in [3.05, 3.63) is 42.5 Å². The van der Waals surface area contributed by atoms with Gasteiger partial charge in [0.1, 0.15) is 0 Å². The number of hydrogen-bond acceptors (Lipinski definition) is 2. The molecule has 0 saturated heterocycles. The summed E-state index contributed by atoms with van der Waals surface area (Å²) in [6.07, 6.45) is 5.74. The van der Waals surface area contributed by atoms with E-state index in [9.17, 15) is 12.9 Å². The first kappa shape index (κ1) is 18.8. The van der Waals surface area contributed by atoms with Crippen LogP contribution in [0.1, 0.15) is 12.0 Å². The fourth-order valence-corrected chi connectivity index (χ4v) is 1.90. The zero-order valence-corrected chi connectivity index (χ0v) is 15.2. The number of ether oxygens (including phenoxy) is 1. The van der Waals surface area contributed by atoms with Gasteiger partial charge in [-0.15, -0.1) is 0 Å². The van der Waals surface area contributed by atoms with Crippen molar-refractivity contribution in [1.29, 1.82) is 0 Å². The predicted molar refractivity (Wildman–Crippen MR) is 72.2 cm³/mol. The molecular formula is C13H15BF3KN2O. The van der Waals surface area contributed by atoms with E-state index in [1.165, 1.54) is 6.07 Å². The summed E-state index contributed by atoms with van der Waals surface area (Å²) in [6.45, 7) is -2.52. The quantitative estimate of drug-likeness (QED) is 0.540. The maximum absolute atomic E-state index is 12.9. The van der Waals surface area contributed by atoms with Crippen LogP contribution in [0.5, 0.6) is 5.75 Å². The van der Waals surface area contributed by atoms with Crippen LogP contribution in [-0.4, -0.2) is 23.1 Å². The molecule has 2 aromatic rings. The van der Waals surface area contributed by atoms with E-state index >= 15 is 0 Å². The molecule has 2 rings (SSSR count).